The predicted octanol–water partition coefficient (Wildman–Crippen LogP) is 2.86. The molecule has 0 bridgehead atoms. The van der Waals surface area contributed by atoms with Crippen LogP contribution in [0.15, 0.2) is 47.1 Å². The van der Waals surface area contributed by atoms with Crippen molar-refractivity contribution in [1.82, 2.24) is 14.6 Å². The van der Waals surface area contributed by atoms with Crippen LogP contribution in [0.25, 0.3) is 17.0 Å². The Labute approximate surface area is 106 Å². The Morgan fingerprint density at radius 2 is 2.06 bits per heavy atom. The monoisotopic (exact) mass is 289 g/mol. The van der Waals surface area contributed by atoms with Gasteiger partial charge in [-0.05, 0) is 24.3 Å². The van der Waals surface area contributed by atoms with Crippen LogP contribution >= 0.6 is 15.9 Å². The van der Waals surface area contributed by atoms with Crippen molar-refractivity contribution >= 4 is 21.6 Å². The van der Waals surface area contributed by atoms with E-state index < -0.39 is 0 Å². The zero-order valence-electron chi connectivity index (χ0n) is 8.71. The molecule has 2 heterocycles. The first-order valence-corrected chi connectivity index (χ1v) is 5.83. The number of pyridine rings is 1. The average molecular weight is 290 g/mol. The van der Waals surface area contributed by atoms with E-state index in [4.69, 9.17) is 0 Å². The molecule has 0 atom stereocenters. The van der Waals surface area contributed by atoms with Crippen molar-refractivity contribution in [2.45, 2.75) is 0 Å². The molecule has 4 nitrogen and oxygen atoms in total. The second-order valence-electron chi connectivity index (χ2n) is 3.64. The molecule has 0 radical (unpaired) electrons. The van der Waals surface area contributed by atoms with E-state index in [1.807, 2.05) is 24.3 Å². The summed E-state index contributed by atoms with van der Waals surface area (Å²) in [6.45, 7) is 0. The molecule has 0 aliphatic rings. The molecule has 3 rings (SSSR count). The molecule has 0 saturated carbocycles. The second-order valence-corrected chi connectivity index (χ2v) is 4.55. The van der Waals surface area contributed by atoms with Gasteiger partial charge in [0.25, 0.3) is 0 Å². The van der Waals surface area contributed by atoms with Gasteiger partial charge in [0.1, 0.15) is 5.75 Å². The van der Waals surface area contributed by atoms with Crippen LogP contribution in [-0.4, -0.2) is 19.7 Å². The molecule has 0 unspecified atom stereocenters. The summed E-state index contributed by atoms with van der Waals surface area (Å²) in [6, 6.07) is 11.1. The van der Waals surface area contributed by atoms with Crippen molar-refractivity contribution in [2.75, 3.05) is 0 Å². The van der Waals surface area contributed by atoms with Crippen molar-refractivity contribution in [1.29, 1.82) is 0 Å². The van der Waals surface area contributed by atoms with Gasteiger partial charge < -0.3 is 5.11 Å². The number of hydrogen-bond donors (Lipinski definition) is 1. The van der Waals surface area contributed by atoms with E-state index in [0.717, 1.165) is 10.0 Å². The number of halogens is 1. The molecule has 5 heteroatoms. The number of fused-ring (bicyclic) bond motifs is 1. The summed E-state index contributed by atoms with van der Waals surface area (Å²) in [5.74, 6) is 0.806. The molecule has 0 aliphatic heterocycles. The summed E-state index contributed by atoms with van der Waals surface area (Å²) in [6.07, 6.45) is 1.53. The highest BCUT2D eigenvalue weighted by Crippen LogP contribution is 2.21. The number of nitrogens with zero attached hydrogens (tertiary/aromatic N) is 3. The van der Waals surface area contributed by atoms with Gasteiger partial charge in [-0.3, -0.25) is 0 Å². The van der Waals surface area contributed by atoms with Crippen molar-refractivity contribution in [3.05, 3.63) is 47.1 Å². The smallest absolute Gasteiger partial charge is 0.182 e. The molecule has 84 valence electrons. The average Bonchev–Trinajstić information content (AvgIpc) is 2.72. The first-order chi connectivity index (χ1) is 8.22. The topological polar surface area (TPSA) is 50.4 Å². The molecule has 1 aromatic carbocycles. The fraction of sp³-hybridized carbons (Fsp3) is 0. The molecule has 0 spiro atoms. The van der Waals surface area contributed by atoms with E-state index in [0.29, 0.717) is 11.5 Å². The van der Waals surface area contributed by atoms with Crippen molar-refractivity contribution in [2.24, 2.45) is 0 Å². The molecule has 0 amide bonds. The van der Waals surface area contributed by atoms with Crippen LogP contribution in [0, 0.1) is 0 Å². The standard InChI is InChI=1S/C12H8BrN3O/c13-9-3-1-2-8(6-9)12-14-11-5-4-10(17)7-16(11)15-12/h1-7,17H. The van der Waals surface area contributed by atoms with Gasteiger partial charge in [-0.25, -0.2) is 9.50 Å². The molecule has 0 fully saturated rings. The number of aromatic nitrogens is 3. The van der Waals surface area contributed by atoms with Gasteiger partial charge in [-0.15, -0.1) is 5.10 Å². The maximum atomic E-state index is 9.36. The third kappa shape index (κ3) is 1.89. The fourth-order valence-electron chi connectivity index (χ4n) is 1.62. The quantitative estimate of drug-likeness (QED) is 0.749. The number of rotatable bonds is 1. The predicted molar refractivity (Wildman–Crippen MR) is 67.8 cm³/mol. The van der Waals surface area contributed by atoms with Gasteiger partial charge in [0.15, 0.2) is 11.5 Å². The van der Waals surface area contributed by atoms with Gasteiger partial charge in [-0.2, -0.15) is 0 Å². The normalized spacial score (nSPS) is 10.9. The number of aromatic hydroxyl groups is 1. The highest BCUT2D eigenvalue weighted by Gasteiger charge is 2.06. The van der Waals surface area contributed by atoms with E-state index in [2.05, 4.69) is 26.0 Å². The Bertz CT molecular complexity index is 693. The Kier molecular flexibility index (Phi) is 2.33. The van der Waals surface area contributed by atoms with E-state index in [9.17, 15) is 5.11 Å². The highest BCUT2D eigenvalue weighted by atomic mass is 79.9. The maximum Gasteiger partial charge on any atom is 0.182 e. The van der Waals surface area contributed by atoms with E-state index >= 15 is 0 Å². The summed E-state index contributed by atoms with van der Waals surface area (Å²) in [5.41, 5.74) is 1.64. The lowest BCUT2D eigenvalue weighted by Gasteiger charge is -1.94. The number of hydrogen-bond acceptors (Lipinski definition) is 3. The van der Waals surface area contributed by atoms with Gasteiger partial charge in [-0.1, -0.05) is 28.1 Å². The first-order valence-electron chi connectivity index (χ1n) is 5.04. The molecule has 2 aromatic heterocycles. The molecule has 0 saturated heterocycles. The summed E-state index contributed by atoms with van der Waals surface area (Å²) < 4.78 is 2.54. The Hall–Kier alpha value is -1.88. The largest absolute Gasteiger partial charge is 0.506 e. The van der Waals surface area contributed by atoms with Crippen LogP contribution in [0.3, 0.4) is 0 Å². The second kappa shape index (κ2) is 3.85. The molecule has 3 aromatic rings. The summed E-state index contributed by atoms with van der Waals surface area (Å²) in [4.78, 5) is 4.39. The van der Waals surface area contributed by atoms with E-state index in [-0.39, 0.29) is 5.75 Å². The highest BCUT2D eigenvalue weighted by molar-refractivity contribution is 9.10. The van der Waals surface area contributed by atoms with E-state index in [1.54, 1.807) is 16.6 Å². The Morgan fingerprint density at radius 3 is 2.88 bits per heavy atom. The molecule has 0 aliphatic carbocycles. The third-order valence-electron chi connectivity index (χ3n) is 2.40. The van der Waals surface area contributed by atoms with Crippen molar-refractivity contribution in [3.63, 3.8) is 0 Å². The zero-order chi connectivity index (χ0) is 11.8. The summed E-state index contributed by atoms with van der Waals surface area (Å²) >= 11 is 3.41. The van der Waals surface area contributed by atoms with Crippen LogP contribution in [0.4, 0.5) is 0 Å². The fourth-order valence-corrected chi connectivity index (χ4v) is 2.02. The first kappa shape index (κ1) is 10.3. The minimum atomic E-state index is 0.170. The van der Waals surface area contributed by atoms with Crippen LogP contribution < -0.4 is 0 Å². The van der Waals surface area contributed by atoms with Crippen molar-refractivity contribution < 1.29 is 5.11 Å². The zero-order valence-corrected chi connectivity index (χ0v) is 10.3. The van der Waals surface area contributed by atoms with Gasteiger partial charge >= 0.3 is 0 Å². The summed E-state index contributed by atoms with van der Waals surface area (Å²) in [7, 11) is 0. The minimum Gasteiger partial charge on any atom is -0.506 e. The lowest BCUT2D eigenvalue weighted by molar-refractivity contribution is 0.470. The van der Waals surface area contributed by atoms with Crippen LogP contribution in [0.1, 0.15) is 0 Å². The van der Waals surface area contributed by atoms with Crippen LogP contribution in [0.5, 0.6) is 5.75 Å². The molecule has 1 N–H and O–H groups in total. The van der Waals surface area contributed by atoms with Gasteiger partial charge in [0, 0.05) is 10.0 Å². The van der Waals surface area contributed by atoms with Crippen molar-refractivity contribution in [3.8, 4) is 17.1 Å². The summed E-state index contributed by atoms with van der Waals surface area (Å²) in [5, 5.41) is 13.7. The van der Waals surface area contributed by atoms with Crippen LogP contribution in [-0.2, 0) is 0 Å². The Morgan fingerprint density at radius 1 is 1.18 bits per heavy atom. The van der Waals surface area contributed by atoms with Crippen LogP contribution in [0.2, 0.25) is 0 Å². The van der Waals surface area contributed by atoms with Gasteiger partial charge in [0.05, 0.1) is 6.20 Å². The lowest BCUT2D eigenvalue weighted by atomic mass is 10.2. The van der Waals surface area contributed by atoms with Gasteiger partial charge in [0.2, 0.25) is 0 Å². The van der Waals surface area contributed by atoms with E-state index in [1.165, 1.54) is 6.20 Å². The molecular weight excluding hydrogens is 282 g/mol. The molecular formula is C12H8BrN3O. The molecule has 17 heavy (non-hydrogen) atoms. The lowest BCUT2D eigenvalue weighted by Crippen LogP contribution is -1.85. The third-order valence-corrected chi connectivity index (χ3v) is 2.89. The Balaban J connectivity index is 2.18. The SMILES string of the molecule is Oc1ccc2nc(-c3cccc(Br)c3)nn2c1. The maximum absolute atomic E-state index is 9.36. The minimum absolute atomic E-state index is 0.170. The number of benzene rings is 1.